The fraction of sp³-hybridized carbons (Fsp3) is 0.158. The highest BCUT2D eigenvalue weighted by atomic mass is 16.6. The Labute approximate surface area is 139 Å². The fourth-order valence-electron chi connectivity index (χ4n) is 2.27. The van der Waals surface area contributed by atoms with E-state index in [1.165, 1.54) is 7.11 Å². The first-order valence-electron chi connectivity index (χ1n) is 7.41. The third-order valence-corrected chi connectivity index (χ3v) is 3.60. The van der Waals surface area contributed by atoms with E-state index in [0.29, 0.717) is 17.1 Å². The Morgan fingerprint density at radius 1 is 1.17 bits per heavy atom. The Balaban J connectivity index is 1.79. The van der Waals surface area contributed by atoms with Gasteiger partial charge < -0.3 is 14.2 Å². The molecule has 1 aliphatic rings. The van der Waals surface area contributed by atoms with Gasteiger partial charge in [0.15, 0.2) is 12.4 Å². The quantitative estimate of drug-likeness (QED) is 0.638. The van der Waals surface area contributed by atoms with Gasteiger partial charge in [-0.3, -0.25) is 4.79 Å². The molecule has 2 aromatic rings. The van der Waals surface area contributed by atoms with Gasteiger partial charge in [0.2, 0.25) is 5.78 Å². The van der Waals surface area contributed by atoms with Gasteiger partial charge in [0.05, 0.1) is 12.7 Å². The van der Waals surface area contributed by atoms with E-state index >= 15 is 0 Å². The Morgan fingerprint density at radius 3 is 2.62 bits per heavy atom. The van der Waals surface area contributed by atoms with E-state index in [4.69, 9.17) is 9.47 Å². The van der Waals surface area contributed by atoms with Crippen LogP contribution in [-0.2, 0) is 9.53 Å². The minimum Gasteiger partial charge on any atom is -0.482 e. The minimum absolute atomic E-state index is 0.176. The maximum atomic E-state index is 12.4. The van der Waals surface area contributed by atoms with Gasteiger partial charge in [0.1, 0.15) is 11.5 Å². The number of aryl methyl sites for hydroxylation is 1. The van der Waals surface area contributed by atoms with E-state index in [9.17, 15) is 9.59 Å². The van der Waals surface area contributed by atoms with Gasteiger partial charge in [-0.05, 0) is 30.7 Å². The molecular weight excluding hydrogens is 308 g/mol. The molecule has 1 heterocycles. The van der Waals surface area contributed by atoms with Crippen molar-refractivity contribution in [3.63, 3.8) is 0 Å². The van der Waals surface area contributed by atoms with E-state index in [1.807, 2.05) is 31.2 Å². The largest absolute Gasteiger partial charge is 0.482 e. The molecule has 0 aliphatic carbocycles. The number of ether oxygens (including phenoxy) is 3. The molecule has 0 bridgehead atoms. The molecule has 0 fully saturated rings. The molecular formula is C19H16O5. The SMILES string of the molecule is COC(=O)COc1ccc2c(c1)OC(=Cc1ccc(C)cc1)C2=O. The van der Waals surface area contributed by atoms with Crippen LogP contribution in [0.1, 0.15) is 21.5 Å². The van der Waals surface area contributed by atoms with Gasteiger partial charge in [-0.1, -0.05) is 29.8 Å². The van der Waals surface area contributed by atoms with Gasteiger partial charge in [-0.25, -0.2) is 4.79 Å². The summed E-state index contributed by atoms with van der Waals surface area (Å²) in [5.41, 5.74) is 2.50. The zero-order valence-corrected chi connectivity index (χ0v) is 13.4. The number of esters is 1. The summed E-state index contributed by atoms with van der Waals surface area (Å²) >= 11 is 0. The molecule has 24 heavy (non-hydrogen) atoms. The molecule has 0 aromatic heterocycles. The second-order valence-corrected chi connectivity index (χ2v) is 5.37. The molecule has 122 valence electrons. The molecule has 0 saturated carbocycles. The molecule has 5 nitrogen and oxygen atoms in total. The predicted octanol–water partition coefficient (Wildman–Crippen LogP) is 3.16. The Morgan fingerprint density at radius 2 is 1.92 bits per heavy atom. The summed E-state index contributed by atoms with van der Waals surface area (Å²) < 4.78 is 15.5. The number of methoxy groups -OCH3 is 1. The van der Waals surface area contributed by atoms with Crippen LogP contribution in [0.25, 0.3) is 6.08 Å². The number of hydrogen-bond acceptors (Lipinski definition) is 5. The van der Waals surface area contributed by atoms with Gasteiger partial charge in [-0.15, -0.1) is 0 Å². The number of hydrogen-bond donors (Lipinski definition) is 0. The number of allylic oxidation sites excluding steroid dienone is 1. The maximum Gasteiger partial charge on any atom is 0.343 e. The summed E-state index contributed by atoms with van der Waals surface area (Å²) in [5, 5.41) is 0. The summed E-state index contributed by atoms with van der Waals surface area (Å²) in [6, 6.07) is 12.6. The number of carbonyl (C=O) groups is 2. The third kappa shape index (κ3) is 3.30. The number of ketones is 1. The molecule has 3 rings (SSSR count). The van der Waals surface area contributed by atoms with Crippen molar-refractivity contribution in [3.05, 3.63) is 64.9 Å². The zero-order chi connectivity index (χ0) is 17.1. The summed E-state index contributed by atoms with van der Waals surface area (Å²) in [4.78, 5) is 23.5. The number of fused-ring (bicyclic) bond motifs is 1. The number of carbonyl (C=O) groups excluding carboxylic acids is 2. The van der Waals surface area contributed by atoms with Gasteiger partial charge in [0.25, 0.3) is 0 Å². The standard InChI is InChI=1S/C19H16O5/c1-12-3-5-13(6-4-12)9-17-19(21)15-8-7-14(10-16(15)24-17)23-11-18(20)22-2/h3-10H,11H2,1-2H3. The second-order valence-electron chi connectivity index (χ2n) is 5.37. The molecule has 0 radical (unpaired) electrons. The van der Waals surface area contributed by atoms with E-state index in [-0.39, 0.29) is 18.1 Å². The first kappa shape index (κ1) is 15.8. The van der Waals surface area contributed by atoms with Crippen LogP contribution in [0, 0.1) is 6.92 Å². The van der Waals surface area contributed by atoms with Gasteiger partial charge in [0, 0.05) is 6.07 Å². The van der Waals surface area contributed by atoms with Crippen molar-refractivity contribution >= 4 is 17.8 Å². The third-order valence-electron chi connectivity index (χ3n) is 3.60. The zero-order valence-electron chi connectivity index (χ0n) is 13.4. The van der Waals surface area contributed by atoms with E-state index in [1.54, 1.807) is 24.3 Å². The van der Waals surface area contributed by atoms with Crippen LogP contribution in [0.15, 0.2) is 48.2 Å². The fourth-order valence-corrected chi connectivity index (χ4v) is 2.27. The maximum absolute atomic E-state index is 12.4. The molecule has 0 unspecified atom stereocenters. The molecule has 1 aliphatic heterocycles. The predicted molar refractivity (Wildman–Crippen MR) is 88.1 cm³/mol. The van der Waals surface area contributed by atoms with Crippen LogP contribution in [0.5, 0.6) is 11.5 Å². The Kier molecular flexibility index (Phi) is 4.33. The average Bonchev–Trinajstić information content (AvgIpc) is 2.90. The lowest BCUT2D eigenvalue weighted by Gasteiger charge is -2.05. The first-order valence-corrected chi connectivity index (χ1v) is 7.41. The lowest BCUT2D eigenvalue weighted by molar-refractivity contribution is -0.142. The monoisotopic (exact) mass is 324 g/mol. The highest BCUT2D eigenvalue weighted by molar-refractivity contribution is 6.14. The second kappa shape index (κ2) is 6.58. The summed E-state index contributed by atoms with van der Waals surface area (Å²) in [6.45, 7) is 1.80. The van der Waals surface area contributed by atoms with Crippen molar-refractivity contribution in [3.8, 4) is 11.5 Å². The van der Waals surface area contributed by atoms with Crippen molar-refractivity contribution < 1.29 is 23.8 Å². The minimum atomic E-state index is -0.479. The summed E-state index contributed by atoms with van der Waals surface area (Å²) in [6.07, 6.45) is 1.71. The van der Waals surface area contributed by atoms with Crippen LogP contribution in [0.4, 0.5) is 0 Å². The highest BCUT2D eigenvalue weighted by Crippen LogP contribution is 2.34. The first-order chi connectivity index (χ1) is 11.6. The topological polar surface area (TPSA) is 61.8 Å². The van der Waals surface area contributed by atoms with Gasteiger partial charge in [-0.2, -0.15) is 0 Å². The molecule has 0 N–H and O–H groups in total. The average molecular weight is 324 g/mol. The molecule has 0 saturated heterocycles. The van der Waals surface area contributed by atoms with Crippen LogP contribution in [0.3, 0.4) is 0 Å². The van der Waals surface area contributed by atoms with E-state index < -0.39 is 5.97 Å². The molecule has 5 heteroatoms. The van der Waals surface area contributed by atoms with Crippen LogP contribution in [0.2, 0.25) is 0 Å². The molecule has 2 aromatic carbocycles. The number of Topliss-reactive ketones (excluding diaryl/α,β-unsaturated/α-hetero) is 1. The molecule has 0 atom stereocenters. The van der Waals surface area contributed by atoms with Crippen molar-refractivity contribution in [1.29, 1.82) is 0 Å². The highest BCUT2D eigenvalue weighted by Gasteiger charge is 2.27. The normalized spacial score (nSPS) is 14.2. The summed E-state index contributed by atoms with van der Waals surface area (Å²) in [7, 11) is 1.29. The van der Waals surface area contributed by atoms with Crippen molar-refractivity contribution in [2.24, 2.45) is 0 Å². The van der Waals surface area contributed by atoms with Crippen LogP contribution >= 0.6 is 0 Å². The Bertz CT molecular complexity index is 818. The number of benzene rings is 2. The summed E-state index contributed by atoms with van der Waals surface area (Å²) in [5.74, 6) is 0.459. The Hall–Kier alpha value is -3.08. The van der Waals surface area contributed by atoms with Crippen molar-refractivity contribution in [2.75, 3.05) is 13.7 Å². The van der Waals surface area contributed by atoms with Crippen molar-refractivity contribution in [2.45, 2.75) is 6.92 Å². The lowest BCUT2D eigenvalue weighted by Crippen LogP contribution is -2.12. The van der Waals surface area contributed by atoms with Gasteiger partial charge >= 0.3 is 5.97 Å². The molecule has 0 amide bonds. The number of rotatable bonds is 4. The van der Waals surface area contributed by atoms with E-state index in [2.05, 4.69) is 4.74 Å². The molecule has 0 spiro atoms. The lowest BCUT2D eigenvalue weighted by atomic mass is 10.1. The smallest absolute Gasteiger partial charge is 0.343 e. The van der Waals surface area contributed by atoms with Crippen LogP contribution in [-0.4, -0.2) is 25.5 Å². The van der Waals surface area contributed by atoms with E-state index in [0.717, 1.165) is 11.1 Å². The van der Waals surface area contributed by atoms with Crippen molar-refractivity contribution in [1.82, 2.24) is 0 Å². The van der Waals surface area contributed by atoms with Crippen LogP contribution < -0.4 is 9.47 Å².